The lowest BCUT2D eigenvalue weighted by molar-refractivity contribution is 0.0950. The van der Waals surface area contributed by atoms with Gasteiger partial charge in [-0.1, -0.05) is 30.3 Å². The van der Waals surface area contributed by atoms with Crippen molar-refractivity contribution >= 4 is 5.91 Å². The van der Waals surface area contributed by atoms with E-state index in [9.17, 15) is 9.59 Å². The fourth-order valence-electron chi connectivity index (χ4n) is 2.74. The minimum absolute atomic E-state index is 0.212. The number of nitrogens with zero attached hydrogens (tertiary/aromatic N) is 4. The average molecular weight is 349 g/mol. The first-order valence-corrected chi connectivity index (χ1v) is 8.64. The molecular weight excluding hydrogens is 330 g/mol. The van der Waals surface area contributed by atoms with E-state index in [0.29, 0.717) is 30.4 Å². The van der Waals surface area contributed by atoms with Crippen molar-refractivity contribution in [1.29, 1.82) is 0 Å². The lowest BCUT2D eigenvalue weighted by Gasteiger charge is -2.06. The van der Waals surface area contributed by atoms with Gasteiger partial charge in [0, 0.05) is 24.8 Å². The molecule has 0 spiro atoms. The lowest BCUT2D eigenvalue weighted by Crippen LogP contribution is -2.26. The molecule has 0 saturated heterocycles. The minimum atomic E-state index is -0.230. The Hall–Kier alpha value is -3.22. The molecule has 1 aromatic carbocycles. The molecule has 1 aliphatic rings. The van der Waals surface area contributed by atoms with Gasteiger partial charge in [0.05, 0.1) is 0 Å². The molecule has 0 radical (unpaired) electrons. The Kier molecular flexibility index (Phi) is 4.35. The third-order valence-corrected chi connectivity index (χ3v) is 4.41. The normalized spacial score (nSPS) is 13.5. The third kappa shape index (κ3) is 3.56. The van der Waals surface area contributed by atoms with Gasteiger partial charge in [0.2, 0.25) is 0 Å². The summed E-state index contributed by atoms with van der Waals surface area (Å²) >= 11 is 0. The Bertz CT molecular complexity index is 973. The molecule has 26 heavy (non-hydrogen) atoms. The fraction of sp³-hybridized carbons (Fsp3) is 0.263. The molecule has 2 aromatic heterocycles. The van der Waals surface area contributed by atoms with Crippen LogP contribution in [0.1, 0.15) is 28.8 Å². The third-order valence-electron chi connectivity index (χ3n) is 4.41. The summed E-state index contributed by atoms with van der Waals surface area (Å²) in [6.45, 7) is 1.08. The Labute approximate surface area is 150 Å². The maximum absolute atomic E-state index is 12.4. The Morgan fingerprint density at radius 1 is 1.19 bits per heavy atom. The summed E-state index contributed by atoms with van der Waals surface area (Å²) in [7, 11) is 0. The minimum Gasteiger partial charge on any atom is -0.348 e. The van der Waals surface area contributed by atoms with E-state index in [2.05, 4.69) is 15.4 Å². The summed E-state index contributed by atoms with van der Waals surface area (Å²) in [6.07, 6.45) is 5.28. The molecule has 132 valence electrons. The van der Waals surface area contributed by atoms with E-state index in [4.69, 9.17) is 0 Å². The second-order valence-corrected chi connectivity index (χ2v) is 6.48. The Morgan fingerprint density at radius 2 is 2.00 bits per heavy atom. The van der Waals surface area contributed by atoms with Crippen LogP contribution in [0.15, 0.2) is 59.8 Å². The fourth-order valence-corrected chi connectivity index (χ4v) is 2.74. The molecule has 1 fully saturated rings. The summed E-state index contributed by atoms with van der Waals surface area (Å²) in [5, 5.41) is 7.02. The van der Waals surface area contributed by atoms with Crippen molar-refractivity contribution in [3.05, 3.63) is 76.6 Å². The Balaban J connectivity index is 1.50. The standard InChI is InChI=1S/C19H19N5O2/c25-18(21-11-14-4-2-1-3-5-14)16-8-9-20-17(10-16)23-13-22-24(19(23)26)12-15-6-7-15/h1-5,8-10,13,15H,6-7,11-12H2,(H,21,25). The molecule has 4 rings (SSSR count). The second-order valence-electron chi connectivity index (χ2n) is 6.48. The average Bonchev–Trinajstić information content (AvgIpc) is 3.43. The number of pyridine rings is 1. The number of hydrogen-bond donors (Lipinski definition) is 1. The molecule has 1 aliphatic carbocycles. The molecule has 1 amide bonds. The van der Waals surface area contributed by atoms with Gasteiger partial charge in [0.25, 0.3) is 5.91 Å². The van der Waals surface area contributed by atoms with Crippen LogP contribution in [0.2, 0.25) is 0 Å². The summed E-state index contributed by atoms with van der Waals surface area (Å²) in [6, 6.07) is 12.9. The van der Waals surface area contributed by atoms with Crippen LogP contribution in [0.3, 0.4) is 0 Å². The zero-order valence-corrected chi connectivity index (χ0v) is 14.2. The largest absolute Gasteiger partial charge is 0.351 e. The first-order chi connectivity index (χ1) is 12.7. The summed E-state index contributed by atoms with van der Waals surface area (Å²) in [4.78, 5) is 29.1. The topological polar surface area (TPSA) is 81.8 Å². The highest BCUT2D eigenvalue weighted by Crippen LogP contribution is 2.29. The van der Waals surface area contributed by atoms with Crippen molar-refractivity contribution in [2.24, 2.45) is 5.92 Å². The van der Waals surface area contributed by atoms with Crippen molar-refractivity contribution < 1.29 is 4.79 Å². The predicted octanol–water partition coefficient (Wildman–Crippen LogP) is 1.77. The molecule has 7 heteroatoms. The zero-order chi connectivity index (χ0) is 17.9. The summed E-state index contributed by atoms with van der Waals surface area (Å²) in [5.74, 6) is 0.736. The van der Waals surface area contributed by atoms with Crippen molar-refractivity contribution in [2.45, 2.75) is 25.9 Å². The number of amides is 1. The smallest absolute Gasteiger partial charge is 0.348 e. The lowest BCUT2D eigenvalue weighted by atomic mass is 10.2. The molecule has 1 saturated carbocycles. The Morgan fingerprint density at radius 3 is 2.77 bits per heavy atom. The van der Waals surface area contributed by atoms with Gasteiger partial charge in [-0.25, -0.2) is 19.0 Å². The molecule has 0 bridgehead atoms. The van der Waals surface area contributed by atoms with Crippen molar-refractivity contribution in [2.75, 3.05) is 0 Å². The number of aromatic nitrogens is 4. The second kappa shape index (κ2) is 6.95. The van der Waals surface area contributed by atoms with Gasteiger partial charge in [-0.2, -0.15) is 5.10 Å². The van der Waals surface area contributed by atoms with Gasteiger partial charge < -0.3 is 5.32 Å². The van der Waals surface area contributed by atoms with Crippen LogP contribution in [-0.2, 0) is 13.1 Å². The number of rotatable bonds is 6. The monoisotopic (exact) mass is 349 g/mol. The first-order valence-electron chi connectivity index (χ1n) is 8.64. The molecule has 3 aromatic rings. The van der Waals surface area contributed by atoms with Gasteiger partial charge in [0.1, 0.15) is 12.1 Å². The number of benzene rings is 1. The van der Waals surface area contributed by atoms with E-state index in [-0.39, 0.29) is 11.6 Å². The molecule has 7 nitrogen and oxygen atoms in total. The van der Waals surface area contributed by atoms with E-state index in [0.717, 1.165) is 18.4 Å². The van der Waals surface area contributed by atoms with E-state index >= 15 is 0 Å². The van der Waals surface area contributed by atoms with Crippen LogP contribution in [0.4, 0.5) is 0 Å². The van der Waals surface area contributed by atoms with Gasteiger partial charge in [-0.05, 0) is 36.5 Å². The molecular formula is C19H19N5O2. The summed E-state index contributed by atoms with van der Waals surface area (Å²) in [5.41, 5.74) is 1.24. The number of hydrogen-bond acceptors (Lipinski definition) is 4. The highest BCUT2D eigenvalue weighted by Gasteiger charge is 2.23. The molecule has 0 aliphatic heterocycles. The van der Waals surface area contributed by atoms with Gasteiger partial charge >= 0.3 is 5.69 Å². The van der Waals surface area contributed by atoms with E-state index < -0.39 is 0 Å². The van der Waals surface area contributed by atoms with Crippen LogP contribution in [0.5, 0.6) is 0 Å². The summed E-state index contributed by atoms with van der Waals surface area (Å²) < 4.78 is 2.83. The molecule has 1 N–H and O–H groups in total. The van der Waals surface area contributed by atoms with Crippen LogP contribution in [0, 0.1) is 5.92 Å². The van der Waals surface area contributed by atoms with Crippen molar-refractivity contribution in [1.82, 2.24) is 24.6 Å². The quantitative estimate of drug-likeness (QED) is 0.735. The van der Waals surface area contributed by atoms with E-state index in [1.165, 1.54) is 21.8 Å². The van der Waals surface area contributed by atoms with Crippen LogP contribution in [0.25, 0.3) is 5.82 Å². The molecule has 0 atom stereocenters. The van der Waals surface area contributed by atoms with Gasteiger partial charge in [-0.15, -0.1) is 0 Å². The van der Waals surface area contributed by atoms with E-state index in [1.807, 2.05) is 30.3 Å². The number of carbonyl (C=O) groups excluding carboxylic acids is 1. The highest BCUT2D eigenvalue weighted by molar-refractivity contribution is 5.94. The van der Waals surface area contributed by atoms with Crippen LogP contribution in [-0.4, -0.2) is 25.2 Å². The molecule has 2 heterocycles. The number of nitrogens with one attached hydrogen (secondary N) is 1. The van der Waals surface area contributed by atoms with Gasteiger partial charge in [0.15, 0.2) is 0 Å². The van der Waals surface area contributed by atoms with Crippen molar-refractivity contribution in [3.63, 3.8) is 0 Å². The predicted molar refractivity (Wildman–Crippen MR) is 96.0 cm³/mol. The van der Waals surface area contributed by atoms with E-state index in [1.54, 1.807) is 12.1 Å². The maximum Gasteiger partial charge on any atom is 0.351 e. The maximum atomic E-state index is 12.4. The van der Waals surface area contributed by atoms with Gasteiger partial charge in [-0.3, -0.25) is 4.79 Å². The SMILES string of the molecule is O=C(NCc1ccccc1)c1ccnc(-n2cnn(CC3CC3)c2=O)c1. The zero-order valence-electron chi connectivity index (χ0n) is 14.2. The first kappa shape index (κ1) is 16.3. The highest BCUT2D eigenvalue weighted by atomic mass is 16.2. The van der Waals surface area contributed by atoms with Crippen LogP contribution >= 0.6 is 0 Å². The molecule has 0 unspecified atom stereocenters. The van der Waals surface area contributed by atoms with Crippen molar-refractivity contribution in [3.8, 4) is 5.82 Å². The number of carbonyl (C=O) groups is 1. The van der Waals surface area contributed by atoms with Crippen LogP contribution < -0.4 is 11.0 Å².